The lowest BCUT2D eigenvalue weighted by Crippen LogP contribution is -2.46. The Morgan fingerprint density at radius 2 is 1.89 bits per heavy atom. The van der Waals surface area contributed by atoms with Crippen molar-refractivity contribution in [1.82, 2.24) is 10.3 Å². The second-order valence-electron chi connectivity index (χ2n) is 6.28. The highest BCUT2D eigenvalue weighted by molar-refractivity contribution is 5.96. The van der Waals surface area contributed by atoms with Gasteiger partial charge in [-0.15, -0.1) is 0 Å². The van der Waals surface area contributed by atoms with Crippen LogP contribution in [-0.4, -0.2) is 54.2 Å². The molecule has 1 aliphatic rings. The quantitative estimate of drug-likeness (QED) is 0.680. The number of phenols is 1. The standard InChI is InChI=1S/C19H22N4O4/c20-18(25)16(12-13-4-6-14(24)7-5-13)22-19(26)15-2-1-3-17(21-15)23-8-10-27-11-9-23/h1-7,16,24H,8-12H2,(H2,20,25)(H,22,26)/t16-/m1/s1. The molecule has 1 fully saturated rings. The molecule has 142 valence electrons. The number of carbonyl (C=O) groups excluding carboxylic acids is 2. The Hall–Kier alpha value is -3.13. The maximum Gasteiger partial charge on any atom is 0.270 e. The zero-order chi connectivity index (χ0) is 19.2. The van der Waals surface area contributed by atoms with Crippen molar-refractivity contribution < 1.29 is 19.4 Å². The van der Waals surface area contributed by atoms with Crippen molar-refractivity contribution in [1.29, 1.82) is 0 Å². The Balaban J connectivity index is 1.70. The summed E-state index contributed by atoms with van der Waals surface area (Å²) in [6.07, 6.45) is 0.227. The summed E-state index contributed by atoms with van der Waals surface area (Å²) in [6.45, 7) is 2.66. The number of rotatable bonds is 6. The van der Waals surface area contributed by atoms with E-state index in [1.165, 1.54) is 12.1 Å². The number of pyridine rings is 1. The van der Waals surface area contributed by atoms with E-state index < -0.39 is 17.9 Å². The summed E-state index contributed by atoms with van der Waals surface area (Å²) >= 11 is 0. The van der Waals surface area contributed by atoms with Crippen molar-refractivity contribution in [2.24, 2.45) is 5.73 Å². The Morgan fingerprint density at radius 3 is 2.56 bits per heavy atom. The van der Waals surface area contributed by atoms with Gasteiger partial charge in [-0.05, 0) is 29.8 Å². The first-order valence-corrected chi connectivity index (χ1v) is 8.71. The number of nitrogens with two attached hydrogens (primary N) is 1. The fourth-order valence-electron chi connectivity index (χ4n) is 2.84. The lowest BCUT2D eigenvalue weighted by Gasteiger charge is -2.28. The molecular weight excluding hydrogens is 348 g/mol. The molecule has 2 aromatic rings. The van der Waals surface area contributed by atoms with Crippen LogP contribution in [0.3, 0.4) is 0 Å². The van der Waals surface area contributed by atoms with E-state index in [2.05, 4.69) is 10.3 Å². The number of ether oxygens (including phenoxy) is 1. The molecule has 8 nitrogen and oxygen atoms in total. The summed E-state index contributed by atoms with van der Waals surface area (Å²) in [4.78, 5) is 30.8. The number of nitrogens with zero attached hydrogens (tertiary/aromatic N) is 2. The Morgan fingerprint density at radius 1 is 1.19 bits per heavy atom. The summed E-state index contributed by atoms with van der Waals surface area (Å²) in [6, 6.07) is 10.7. The molecule has 27 heavy (non-hydrogen) atoms. The third-order valence-electron chi connectivity index (χ3n) is 4.33. The first-order valence-electron chi connectivity index (χ1n) is 8.71. The van der Waals surface area contributed by atoms with Gasteiger partial charge in [0.15, 0.2) is 0 Å². The van der Waals surface area contributed by atoms with Gasteiger partial charge in [0.2, 0.25) is 5.91 Å². The summed E-state index contributed by atoms with van der Waals surface area (Å²) in [5.74, 6) is -0.281. The maximum absolute atomic E-state index is 12.6. The number of phenolic OH excluding ortho intramolecular Hbond substituents is 1. The van der Waals surface area contributed by atoms with E-state index in [1.54, 1.807) is 24.3 Å². The van der Waals surface area contributed by atoms with Crippen LogP contribution in [0.2, 0.25) is 0 Å². The van der Waals surface area contributed by atoms with Gasteiger partial charge in [-0.1, -0.05) is 18.2 Å². The average molecular weight is 370 g/mol. The lowest BCUT2D eigenvalue weighted by atomic mass is 10.1. The molecule has 8 heteroatoms. The fraction of sp³-hybridized carbons (Fsp3) is 0.316. The normalized spacial score (nSPS) is 15.2. The Kier molecular flexibility index (Phi) is 5.87. The highest BCUT2D eigenvalue weighted by atomic mass is 16.5. The van der Waals surface area contributed by atoms with Crippen molar-refractivity contribution in [2.45, 2.75) is 12.5 Å². The third-order valence-corrected chi connectivity index (χ3v) is 4.33. The van der Waals surface area contributed by atoms with Crippen LogP contribution in [0.5, 0.6) is 5.75 Å². The first-order chi connectivity index (χ1) is 13.0. The van der Waals surface area contributed by atoms with Crippen molar-refractivity contribution >= 4 is 17.6 Å². The van der Waals surface area contributed by atoms with E-state index >= 15 is 0 Å². The van der Waals surface area contributed by atoms with Crippen LogP contribution in [-0.2, 0) is 16.0 Å². The molecule has 2 heterocycles. The van der Waals surface area contributed by atoms with Crippen LogP contribution >= 0.6 is 0 Å². The molecule has 0 radical (unpaired) electrons. The van der Waals surface area contributed by atoms with Crippen LogP contribution in [0.4, 0.5) is 5.82 Å². The van der Waals surface area contributed by atoms with E-state index in [9.17, 15) is 14.7 Å². The van der Waals surface area contributed by atoms with E-state index in [0.29, 0.717) is 32.1 Å². The minimum atomic E-state index is -0.879. The van der Waals surface area contributed by atoms with Crippen molar-refractivity contribution in [3.8, 4) is 5.75 Å². The zero-order valence-corrected chi connectivity index (χ0v) is 14.8. The second kappa shape index (κ2) is 8.50. The van der Waals surface area contributed by atoms with E-state index in [-0.39, 0.29) is 17.9 Å². The fourth-order valence-corrected chi connectivity index (χ4v) is 2.84. The largest absolute Gasteiger partial charge is 0.508 e. The maximum atomic E-state index is 12.6. The lowest BCUT2D eigenvalue weighted by molar-refractivity contribution is -0.119. The number of hydrogen-bond acceptors (Lipinski definition) is 6. The number of carbonyl (C=O) groups is 2. The summed E-state index contributed by atoms with van der Waals surface area (Å²) in [5, 5.41) is 12.0. The van der Waals surface area contributed by atoms with Gasteiger partial charge in [0, 0.05) is 19.5 Å². The molecule has 1 aliphatic heterocycles. The Bertz CT molecular complexity index is 804. The summed E-state index contributed by atoms with van der Waals surface area (Å²) in [7, 11) is 0. The summed E-state index contributed by atoms with van der Waals surface area (Å²) in [5.41, 5.74) is 6.43. The molecule has 1 atom stereocenters. The number of hydrogen-bond donors (Lipinski definition) is 3. The van der Waals surface area contributed by atoms with Crippen LogP contribution < -0.4 is 16.0 Å². The SMILES string of the molecule is NC(=O)[C@@H](Cc1ccc(O)cc1)NC(=O)c1cccc(N2CCOCC2)n1. The molecule has 0 unspecified atom stereocenters. The number of benzene rings is 1. The molecule has 1 aromatic heterocycles. The molecular formula is C19H22N4O4. The van der Waals surface area contributed by atoms with Gasteiger partial charge in [-0.25, -0.2) is 4.98 Å². The molecule has 1 saturated heterocycles. The van der Waals surface area contributed by atoms with Crippen LogP contribution in [0.1, 0.15) is 16.1 Å². The Labute approximate surface area is 157 Å². The number of morpholine rings is 1. The topological polar surface area (TPSA) is 118 Å². The number of anilines is 1. The zero-order valence-electron chi connectivity index (χ0n) is 14.8. The monoisotopic (exact) mass is 370 g/mol. The van der Waals surface area contributed by atoms with Gasteiger partial charge in [0.1, 0.15) is 23.3 Å². The number of aromatic hydroxyl groups is 1. The van der Waals surface area contributed by atoms with Crippen molar-refractivity contribution in [3.63, 3.8) is 0 Å². The smallest absolute Gasteiger partial charge is 0.270 e. The van der Waals surface area contributed by atoms with Gasteiger partial charge in [0.05, 0.1) is 13.2 Å². The van der Waals surface area contributed by atoms with Crippen molar-refractivity contribution in [2.75, 3.05) is 31.2 Å². The van der Waals surface area contributed by atoms with Gasteiger partial charge < -0.3 is 25.8 Å². The van der Waals surface area contributed by atoms with Crippen LogP contribution in [0.25, 0.3) is 0 Å². The van der Waals surface area contributed by atoms with E-state index in [1.807, 2.05) is 11.0 Å². The molecule has 2 amide bonds. The molecule has 1 aromatic carbocycles. The molecule has 4 N–H and O–H groups in total. The minimum absolute atomic E-state index is 0.127. The average Bonchev–Trinajstić information content (AvgIpc) is 2.69. The molecule has 0 aliphatic carbocycles. The summed E-state index contributed by atoms with van der Waals surface area (Å²) < 4.78 is 5.33. The molecule has 3 rings (SSSR count). The minimum Gasteiger partial charge on any atom is -0.508 e. The molecule has 0 spiro atoms. The molecule has 0 bridgehead atoms. The second-order valence-corrected chi connectivity index (χ2v) is 6.28. The van der Waals surface area contributed by atoms with Gasteiger partial charge >= 0.3 is 0 Å². The van der Waals surface area contributed by atoms with Gasteiger partial charge in [-0.2, -0.15) is 0 Å². The number of aromatic nitrogens is 1. The predicted molar refractivity (Wildman–Crippen MR) is 99.5 cm³/mol. The van der Waals surface area contributed by atoms with E-state index in [4.69, 9.17) is 10.5 Å². The number of nitrogens with one attached hydrogen (secondary N) is 1. The first kappa shape index (κ1) is 18.7. The predicted octanol–water partition coefficient (Wildman–Crippen LogP) is 0.450. The van der Waals surface area contributed by atoms with Crippen molar-refractivity contribution in [3.05, 3.63) is 53.7 Å². The number of primary amides is 1. The highest BCUT2D eigenvalue weighted by Gasteiger charge is 2.21. The van der Waals surface area contributed by atoms with Crippen LogP contribution in [0.15, 0.2) is 42.5 Å². The van der Waals surface area contributed by atoms with Crippen LogP contribution in [0, 0.1) is 0 Å². The van der Waals surface area contributed by atoms with E-state index in [0.717, 1.165) is 5.56 Å². The highest BCUT2D eigenvalue weighted by Crippen LogP contribution is 2.14. The third kappa shape index (κ3) is 4.95. The molecule has 0 saturated carbocycles. The van der Waals surface area contributed by atoms with Gasteiger partial charge in [-0.3, -0.25) is 9.59 Å². The number of amides is 2. The van der Waals surface area contributed by atoms with Gasteiger partial charge in [0.25, 0.3) is 5.91 Å².